The molecule has 0 saturated heterocycles. The average Bonchev–Trinajstić information content (AvgIpc) is 3.20. The minimum Gasteiger partial charge on any atom is -0.309 e. The number of para-hydroxylation sites is 3. The molecule has 140 valence electrons. The Morgan fingerprint density at radius 1 is 1.07 bits per heavy atom. The molecular formula is C20H17N5O2S. The van der Waals surface area contributed by atoms with Crippen molar-refractivity contribution in [1.29, 1.82) is 5.26 Å². The largest absolute Gasteiger partial charge is 0.309 e. The highest BCUT2D eigenvalue weighted by atomic mass is 32.2. The summed E-state index contributed by atoms with van der Waals surface area (Å²) in [5, 5.41) is 14.2. The molecule has 0 saturated carbocycles. The van der Waals surface area contributed by atoms with Gasteiger partial charge in [-0.25, -0.2) is 18.1 Å². The number of nitrogens with zero attached hydrogens (tertiary/aromatic N) is 5. The van der Waals surface area contributed by atoms with E-state index in [9.17, 15) is 13.7 Å². The summed E-state index contributed by atoms with van der Waals surface area (Å²) in [5.74, 6) is 0. The third-order valence-corrected chi connectivity index (χ3v) is 5.50. The summed E-state index contributed by atoms with van der Waals surface area (Å²) >= 11 is 0. The van der Waals surface area contributed by atoms with Crippen molar-refractivity contribution in [2.24, 2.45) is 0 Å². The minimum atomic E-state index is -3.57. The van der Waals surface area contributed by atoms with Crippen molar-refractivity contribution in [1.82, 2.24) is 19.3 Å². The maximum Gasteiger partial charge on any atom is 0.228 e. The molecule has 2 heterocycles. The Balaban J connectivity index is 1.98. The van der Waals surface area contributed by atoms with E-state index >= 15 is 0 Å². The average molecular weight is 391 g/mol. The van der Waals surface area contributed by atoms with Gasteiger partial charge in [0.25, 0.3) is 0 Å². The topological polar surface area (TPSA) is 93.6 Å². The third kappa shape index (κ3) is 2.96. The van der Waals surface area contributed by atoms with Gasteiger partial charge in [0, 0.05) is 6.26 Å². The van der Waals surface area contributed by atoms with Gasteiger partial charge in [0.2, 0.25) is 15.0 Å². The predicted octanol–water partition coefficient (Wildman–Crippen LogP) is 2.85. The van der Waals surface area contributed by atoms with Gasteiger partial charge in [-0.15, -0.1) is 0 Å². The number of fused-ring (bicyclic) bond motifs is 1. The summed E-state index contributed by atoms with van der Waals surface area (Å²) in [6.07, 6.45) is 1.13. The maximum absolute atomic E-state index is 12.4. The van der Waals surface area contributed by atoms with Crippen LogP contribution in [0, 0.1) is 18.3 Å². The van der Waals surface area contributed by atoms with E-state index in [1.54, 1.807) is 22.2 Å². The molecule has 7 nitrogen and oxygen atoms in total. The summed E-state index contributed by atoms with van der Waals surface area (Å²) in [4.78, 5) is 4.31. The number of hydrogen-bond acceptors (Lipinski definition) is 5. The lowest BCUT2D eigenvalue weighted by atomic mass is 10.2. The van der Waals surface area contributed by atoms with Crippen LogP contribution in [-0.4, -0.2) is 34.0 Å². The van der Waals surface area contributed by atoms with Crippen molar-refractivity contribution in [3.05, 3.63) is 71.5 Å². The number of hydrogen-bond donors (Lipinski definition) is 0. The molecule has 0 spiro atoms. The first-order valence-corrected chi connectivity index (χ1v) is 10.5. The molecule has 28 heavy (non-hydrogen) atoms. The van der Waals surface area contributed by atoms with Gasteiger partial charge in [0.1, 0.15) is 6.07 Å². The third-order valence-electron chi connectivity index (χ3n) is 4.53. The van der Waals surface area contributed by atoms with Crippen LogP contribution in [0.2, 0.25) is 0 Å². The number of sulfone groups is 1. The van der Waals surface area contributed by atoms with E-state index in [4.69, 9.17) is 0 Å². The summed E-state index contributed by atoms with van der Waals surface area (Å²) in [7, 11) is -3.57. The first-order valence-electron chi connectivity index (χ1n) is 8.59. The lowest BCUT2D eigenvalue weighted by molar-refractivity contribution is 0.578. The molecule has 4 rings (SSSR count). The van der Waals surface area contributed by atoms with Gasteiger partial charge < -0.3 is 4.57 Å². The smallest absolute Gasteiger partial charge is 0.228 e. The Morgan fingerprint density at radius 2 is 1.75 bits per heavy atom. The molecule has 0 radical (unpaired) electrons. The summed E-state index contributed by atoms with van der Waals surface area (Å²) in [6, 6.07) is 18.9. The van der Waals surface area contributed by atoms with E-state index in [0.29, 0.717) is 28.0 Å². The predicted molar refractivity (Wildman–Crippen MR) is 105 cm³/mol. The zero-order chi connectivity index (χ0) is 19.9. The Morgan fingerprint density at radius 3 is 2.43 bits per heavy atom. The monoisotopic (exact) mass is 391 g/mol. The van der Waals surface area contributed by atoms with Gasteiger partial charge in [-0.05, 0) is 31.2 Å². The molecule has 0 bridgehead atoms. The highest BCUT2D eigenvalue weighted by molar-refractivity contribution is 7.90. The SMILES string of the molecule is Cc1nn(-c2ccccc2)c(Cn2c(S(C)(=O)=O)nc3ccccc32)c1C#N. The lowest BCUT2D eigenvalue weighted by Gasteiger charge is -2.11. The van der Waals surface area contributed by atoms with Crippen molar-refractivity contribution in [2.45, 2.75) is 18.6 Å². The summed E-state index contributed by atoms with van der Waals surface area (Å²) in [6.45, 7) is 1.92. The molecule has 4 aromatic rings. The molecule has 0 fully saturated rings. The number of benzene rings is 2. The molecule has 0 atom stereocenters. The highest BCUT2D eigenvalue weighted by Crippen LogP contribution is 2.24. The fraction of sp³-hybridized carbons (Fsp3) is 0.150. The number of rotatable bonds is 4. The van der Waals surface area contributed by atoms with Crippen LogP contribution >= 0.6 is 0 Å². The van der Waals surface area contributed by atoms with Gasteiger partial charge >= 0.3 is 0 Å². The molecule has 0 aliphatic rings. The Hall–Kier alpha value is -3.44. The molecule has 0 unspecified atom stereocenters. The fourth-order valence-electron chi connectivity index (χ4n) is 3.29. The second-order valence-electron chi connectivity index (χ2n) is 6.51. The van der Waals surface area contributed by atoms with Crippen LogP contribution in [0.3, 0.4) is 0 Å². The van der Waals surface area contributed by atoms with E-state index in [-0.39, 0.29) is 11.7 Å². The van der Waals surface area contributed by atoms with Gasteiger partial charge in [-0.2, -0.15) is 10.4 Å². The zero-order valence-corrected chi connectivity index (χ0v) is 16.2. The van der Waals surface area contributed by atoms with E-state index in [1.807, 2.05) is 48.5 Å². The standard InChI is InChI=1S/C20H17N5O2S/c1-14-16(12-21)19(25(23-14)15-8-4-3-5-9-15)13-24-18-11-7-6-10-17(18)22-20(24)28(2,26)27/h3-11H,13H2,1-2H3. The highest BCUT2D eigenvalue weighted by Gasteiger charge is 2.23. The molecular weight excluding hydrogens is 374 g/mol. The quantitative estimate of drug-likeness (QED) is 0.533. The van der Waals surface area contributed by atoms with E-state index in [0.717, 1.165) is 11.9 Å². The minimum absolute atomic E-state index is 0.0314. The van der Waals surface area contributed by atoms with Crippen LogP contribution < -0.4 is 0 Å². The van der Waals surface area contributed by atoms with Crippen molar-refractivity contribution in [3.8, 4) is 11.8 Å². The lowest BCUT2D eigenvalue weighted by Crippen LogP contribution is -2.14. The van der Waals surface area contributed by atoms with E-state index in [1.165, 1.54) is 0 Å². The Kier molecular flexibility index (Phi) is 4.24. The second-order valence-corrected chi connectivity index (χ2v) is 8.42. The second kappa shape index (κ2) is 6.62. The van der Waals surface area contributed by atoms with E-state index in [2.05, 4.69) is 16.2 Å². The van der Waals surface area contributed by atoms with Gasteiger partial charge in [-0.3, -0.25) is 0 Å². The van der Waals surface area contributed by atoms with Gasteiger partial charge in [0.15, 0.2) is 0 Å². The molecule has 0 amide bonds. The van der Waals surface area contributed by atoms with Crippen LogP contribution in [0.15, 0.2) is 59.8 Å². The van der Waals surface area contributed by atoms with Crippen LogP contribution in [0.25, 0.3) is 16.7 Å². The Labute approximate surface area is 162 Å². The van der Waals surface area contributed by atoms with Gasteiger partial charge in [-0.1, -0.05) is 30.3 Å². The van der Waals surface area contributed by atoms with Crippen molar-refractivity contribution in [3.63, 3.8) is 0 Å². The molecule has 2 aromatic heterocycles. The maximum atomic E-state index is 12.4. The van der Waals surface area contributed by atoms with Crippen LogP contribution in [0.4, 0.5) is 0 Å². The number of aryl methyl sites for hydroxylation is 1. The van der Waals surface area contributed by atoms with Crippen LogP contribution in [0.1, 0.15) is 17.0 Å². The summed E-state index contributed by atoms with van der Waals surface area (Å²) < 4.78 is 28.0. The van der Waals surface area contributed by atoms with Crippen LogP contribution in [-0.2, 0) is 16.4 Å². The first kappa shape index (κ1) is 17.9. The number of aromatic nitrogens is 4. The zero-order valence-electron chi connectivity index (χ0n) is 15.4. The molecule has 0 aliphatic heterocycles. The molecule has 8 heteroatoms. The normalized spacial score (nSPS) is 11.6. The number of nitriles is 1. The van der Waals surface area contributed by atoms with Crippen molar-refractivity contribution in [2.75, 3.05) is 6.26 Å². The van der Waals surface area contributed by atoms with Crippen molar-refractivity contribution < 1.29 is 8.42 Å². The van der Waals surface area contributed by atoms with E-state index < -0.39 is 9.84 Å². The van der Waals surface area contributed by atoms with Crippen LogP contribution in [0.5, 0.6) is 0 Å². The fourth-order valence-corrected chi connectivity index (χ4v) is 4.12. The van der Waals surface area contributed by atoms with Crippen molar-refractivity contribution >= 4 is 20.9 Å². The first-order chi connectivity index (χ1) is 13.4. The number of imidazole rings is 1. The summed E-state index contributed by atoms with van der Waals surface area (Å²) in [5.41, 5.74) is 3.70. The molecule has 2 aromatic carbocycles. The van der Waals surface area contributed by atoms with Gasteiger partial charge in [0.05, 0.1) is 40.2 Å². The Bertz CT molecular complexity index is 1330. The molecule has 0 N–H and O–H groups in total. The molecule has 0 aliphatic carbocycles.